The summed E-state index contributed by atoms with van der Waals surface area (Å²) < 4.78 is 24.1. The van der Waals surface area contributed by atoms with E-state index in [1.54, 1.807) is 24.3 Å². The summed E-state index contributed by atoms with van der Waals surface area (Å²) in [6.07, 6.45) is 4.47. The number of furan rings is 1. The Morgan fingerprint density at radius 3 is 2.52 bits per heavy atom. The van der Waals surface area contributed by atoms with Crippen LogP contribution in [0.3, 0.4) is 0 Å². The van der Waals surface area contributed by atoms with Crippen LogP contribution in [0.2, 0.25) is 0 Å². The molecule has 5 heteroatoms. The van der Waals surface area contributed by atoms with Gasteiger partial charge in [0.2, 0.25) is 0 Å². The van der Waals surface area contributed by atoms with Crippen molar-refractivity contribution in [2.75, 3.05) is 0 Å². The minimum atomic E-state index is -0.307. The van der Waals surface area contributed by atoms with Crippen LogP contribution in [0.5, 0.6) is 5.75 Å². The Morgan fingerprint density at radius 2 is 1.88 bits per heavy atom. The Balaban J connectivity index is 1.65. The monoisotopic (exact) mass is 345 g/mol. The quantitative estimate of drug-likeness (QED) is 0.756. The summed E-state index contributed by atoms with van der Waals surface area (Å²) in [6, 6.07) is 9.70. The maximum absolute atomic E-state index is 12.9. The number of carbonyl (C=O) groups excluding carboxylic acids is 1. The lowest BCUT2D eigenvalue weighted by Gasteiger charge is -2.32. The summed E-state index contributed by atoms with van der Waals surface area (Å²) >= 11 is 0. The lowest BCUT2D eigenvalue weighted by molar-refractivity contribution is 0.0576. The molecule has 1 amide bonds. The van der Waals surface area contributed by atoms with Gasteiger partial charge in [-0.15, -0.1) is 0 Å². The molecule has 0 bridgehead atoms. The summed E-state index contributed by atoms with van der Waals surface area (Å²) in [5.41, 5.74) is 0. The highest BCUT2D eigenvalue weighted by atomic mass is 19.1. The number of benzene rings is 1. The average molecular weight is 345 g/mol. The normalized spacial score (nSPS) is 14.9. The predicted octanol–water partition coefficient (Wildman–Crippen LogP) is 4.79. The van der Waals surface area contributed by atoms with E-state index in [1.165, 1.54) is 25.0 Å². The Kier molecular flexibility index (Phi) is 5.41. The maximum atomic E-state index is 12.9. The van der Waals surface area contributed by atoms with Crippen LogP contribution >= 0.6 is 0 Å². The molecule has 1 aliphatic rings. The van der Waals surface area contributed by atoms with Gasteiger partial charge < -0.3 is 14.1 Å². The van der Waals surface area contributed by atoms with Gasteiger partial charge in [0.15, 0.2) is 5.76 Å². The standard InChI is InChI=1S/C20H24FNO3/c1-14(2)22(16-5-3-4-6-16)20(23)19-12-11-18(25-19)13-24-17-9-7-15(21)8-10-17/h7-12,14,16H,3-6,13H2,1-2H3. The van der Waals surface area contributed by atoms with E-state index in [0.29, 0.717) is 23.3 Å². The topological polar surface area (TPSA) is 42.7 Å². The van der Waals surface area contributed by atoms with Crippen molar-refractivity contribution in [2.24, 2.45) is 0 Å². The zero-order valence-corrected chi connectivity index (χ0v) is 14.7. The molecule has 0 spiro atoms. The van der Waals surface area contributed by atoms with E-state index in [9.17, 15) is 9.18 Å². The summed E-state index contributed by atoms with van der Waals surface area (Å²) in [5.74, 6) is 1.11. The number of amides is 1. The second kappa shape index (κ2) is 7.72. The van der Waals surface area contributed by atoms with Crippen molar-refractivity contribution in [3.8, 4) is 5.75 Å². The van der Waals surface area contributed by atoms with Gasteiger partial charge in [-0.3, -0.25) is 4.79 Å². The number of hydrogen-bond donors (Lipinski definition) is 0. The number of ether oxygens (including phenoxy) is 1. The van der Waals surface area contributed by atoms with Gasteiger partial charge >= 0.3 is 0 Å². The molecule has 0 radical (unpaired) electrons. The maximum Gasteiger partial charge on any atom is 0.290 e. The molecule has 3 rings (SSSR count). The van der Waals surface area contributed by atoms with Crippen LogP contribution in [0.15, 0.2) is 40.8 Å². The molecule has 0 N–H and O–H groups in total. The molecule has 1 aromatic heterocycles. The second-order valence-electron chi connectivity index (χ2n) is 6.75. The molecule has 134 valence electrons. The number of halogens is 1. The molecule has 1 saturated carbocycles. The van der Waals surface area contributed by atoms with E-state index in [2.05, 4.69) is 0 Å². The van der Waals surface area contributed by atoms with Crippen LogP contribution in [0.4, 0.5) is 4.39 Å². The van der Waals surface area contributed by atoms with Gasteiger partial charge in [-0.2, -0.15) is 0 Å². The van der Waals surface area contributed by atoms with E-state index < -0.39 is 0 Å². The van der Waals surface area contributed by atoms with E-state index in [0.717, 1.165) is 12.8 Å². The summed E-state index contributed by atoms with van der Waals surface area (Å²) in [7, 11) is 0. The summed E-state index contributed by atoms with van der Waals surface area (Å²) in [5, 5.41) is 0. The Hall–Kier alpha value is -2.30. The zero-order valence-electron chi connectivity index (χ0n) is 14.7. The van der Waals surface area contributed by atoms with Crippen LogP contribution in [-0.4, -0.2) is 22.9 Å². The average Bonchev–Trinajstić information content (AvgIpc) is 3.26. The van der Waals surface area contributed by atoms with Crippen LogP contribution < -0.4 is 4.74 Å². The third-order valence-corrected chi connectivity index (χ3v) is 4.58. The van der Waals surface area contributed by atoms with Gasteiger partial charge in [0.25, 0.3) is 5.91 Å². The molecular weight excluding hydrogens is 321 g/mol. The van der Waals surface area contributed by atoms with Crippen molar-refractivity contribution in [2.45, 2.75) is 58.2 Å². The van der Waals surface area contributed by atoms with Crippen molar-refractivity contribution in [3.63, 3.8) is 0 Å². The molecular formula is C20H24FNO3. The van der Waals surface area contributed by atoms with Crippen LogP contribution in [0, 0.1) is 5.82 Å². The van der Waals surface area contributed by atoms with E-state index in [1.807, 2.05) is 18.7 Å². The summed E-state index contributed by atoms with van der Waals surface area (Å²) in [4.78, 5) is 14.8. The van der Waals surface area contributed by atoms with E-state index in [4.69, 9.17) is 9.15 Å². The third kappa shape index (κ3) is 4.21. The van der Waals surface area contributed by atoms with Crippen LogP contribution in [0.1, 0.15) is 55.8 Å². The van der Waals surface area contributed by atoms with E-state index >= 15 is 0 Å². The number of nitrogens with zero attached hydrogens (tertiary/aromatic N) is 1. The SMILES string of the molecule is CC(C)N(C(=O)c1ccc(COc2ccc(F)cc2)o1)C1CCCC1. The fraction of sp³-hybridized carbons (Fsp3) is 0.450. The molecule has 0 atom stereocenters. The predicted molar refractivity (Wildman–Crippen MR) is 93.0 cm³/mol. The molecule has 1 aromatic carbocycles. The number of rotatable bonds is 6. The summed E-state index contributed by atoms with van der Waals surface area (Å²) in [6.45, 7) is 4.28. The molecule has 0 saturated heterocycles. The van der Waals surface area contributed by atoms with Crippen LogP contribution in [0.25, 0.3) is 0 Å². The van der Waals surface area contributed by atoms with Gasteiger partial charge in [-0.25, -0.2) is 4.39 Å². The largest absolute Gasteiger partial charge is 0.486 e. The zero-order chi connectivity index (χ0) is 17.8. The Morgan fingerprint density at radius 1 is 1.20 bits per heavy atom. The van der Waals surface area contributed by atoms with Crippen molar-refractivity contribution in [1.82, 2.24) is 4.90 Å². The van der Waals surface area contributed by atoms with Crippen LogP contribution in [-0.2, 0) is 6.61 Å². The van der Waals surface area contributed by atoms with Gasteiger partial charge in [0, 0.05) is 12.1 Å². The smallest absolute Gasteiger partial charge is 0.290 e. The minimum absolute atomic E-state index is 0.0602. The molecule has 25 heavy (non-hydrogen) atoms. The molecule has 1 heterocycles. The molecule has 1 fully saturated rings. The highest BCUT2D eigenvalue weighted by molar-refractivity contribution is 5.92. The third-order valence-electron chi connectivity index (χ3n) is 4.58. The van der Waals surface area contributed by atoms with Gasteiger partial charge in [-0.05, 0) is 63.1 Å². The lowest BCUT2D eigenvalue weighted by Crippen LogP contribution is -2.43. The van der Waals surface area contributed by atoms with Crippen molar-refractivity contribution in [1.29, 1.82) is 0 Å². The van der Waals surface area contributed by atoms with Gasteiger partial charge in [-0.1, -0.05) is 12.8 Å². The Labute approximate surface area is 147 Å². The van der Waals surface area contributed by atoms with E-state index in [-0.39, 0.29) is 24.4 Å². The minimum Gasteiger partial charge on any atom is -0.486 e. The highest BCUT2D eigenvalue weighted by Gasteiger charge is 2.30. The van der Waals surface area contributed by atoms with Crippen molar-refractivity contribution < 1.29 is 18.3 Å². The highest BCUT2D eigenvalue weighted by Crippen LogP contribution is 2.27. The van der Waals surface area contributed by atoms with Gasteiger partial charge in [0.1, 0.15) is 23.9 Å². The first-order valence-electron chi connectivity index (χ1n) is 8.84. The van der Waals surface area contributed by atoms with Crippen molar-refractivity contribution in [3.05, 3.63) is 53.7 Å². The molecule has 2 aromatic rings. The fourth-order valence-electron chi connectivity index (χ4n) is 3.39. The van der Waals surface area contributed by atoms with Gasteiger partial charge in [0.05, 0.1) is 0 Å². The molecule has 0 aliphatic heterocycles. The first kappa shape index (κ1) is 17.5. The lowest BCUT2D eigenvalue weighted by atomic mass is 10.1. The second-order valence-corrected chi connectivity index (χ2v) is 6.75. The number of hydrogen-bond acceptors (Lipinski definition) is 3. The molecule has 4 nitrogen and oxygen atoms in total. The molecule has 1 aliphatic carbocycles. The van der Waals surface area contributed by atoms with Crippen molar-refractivity contribution >= 4 is 5.91 Å². The Bertz CT molecular complexity index is 702. The fourth-order valence-corrected chi connectivity index (χ4v) is 3.39. The first-order chi connectivity index (χ1) is 12.0. The molecule has 0 unspecified atom stereocenters. The number of carbonyl (C=O) groups is 1. The first-order valence-corrected chi connectivity index (χ1v) is 8.84.